The minimum atomic E-state index is -1.71. The van der Waals surface area contributed by atoms with Gasteiger partial charge in [0.1, 0.15) is 42.7 Å². The van der Waals surface area contributed by atoms with Gasteiger partial charge >= 0.3 is 5.97 Å². The van der Waals surface area contributed by atoms with E-state index in [9.17, 15) is 45.6 Å². The fourth-order valence-corrected chi connectivity index (χ4v) is 3.42. The summed E-state index contributed by atoms with van der Waals surface area (Å²) in [6.07, 6.45) is -8.74. The molecule has 1 aromatic carbocycles. The van der Waals surface area contributed by atoms with Gasteiger partial charge in [0.05, 0.1) is 6.61 Å². The first-order valence-electron chi connectivity index (χ1n) is 10.0. The van der Waals surface area contributed by atoms with Gasteiger partial charge in [-0.1, -0.05) is 18.2 Å². The molecule has 0 bridgehead atoms. The van der Waals surface area contributed by atoms with Crippen molar-refractivity contribution in [1.82, 2.24) is 0 Å². The van der Waals surface area contributed by atoms with Crippen LogP contribution in [0.1, 0.15) is 5.56 Å². The number of hydrogen-bond donors (Lipinski definition) is 8. The maximum Gasteiger partial charge on any atom is 0.331 e. The predicted molar refractivity (Wildman–Crippen MR) is 108 cm³/mol. The van der Waals surface area contributed by atoms with E-state index < -0.39 is 67.7 Å². The number of aromatic hydroxyl groups is 2. The standard InChI is InChI=1S/C21H26O12/c22-8-14-16(27)18(29)19(30)21(32-14)31-13-5-4-11(24)20(17(13)28)33-15(26)6-2-9-1-3-10(23)12(25)7-9/h1-7,11,13-14,16-25,27-30H,8H2/t11-,13-,14-,16+,17-,18+,19+,20+,21+/m0/s1. The second-order valence-electron chi connectivity index (χ2n) is 7.65. The second kappa shape index (κ2) is 10.6. The van der Waals surface area contributed by atoms with Crippen LogP contribution < -0.4 is 0 Å². The summed E-state index contributed by atoms with van der Waals surface area (Å²) >= 11 is 0. The number of carbonyl (C=O) groups is 1. The molecule has 0 radical (unpaired) electrons. The molecule has 33 heavy (non-hydrogen) atoms. The van der Waals surface area contributed by atoms with Gasteiger partial charge in [-0.05, 0) is 23.8 Å². The Labute approximate surface area is 187 Å². The topological polar surface area (TPSA) is 207 Å². The zero-order valence-electron chi connectivity index (χ0n) is 17.2. The molecule has 182 valence electrons. The lowest BCUT2D eigenvalue weighted by Gasteiger charge is -2.42. The third-order valence-electron chi connectivity index (χ3n) is 5.31. The summed E-state index contributed by atoms with van der Waals surface area (Å²) in [6.45, 7) is -0.669. The molecule has 1 aliphatic heterocycles. The Morgan fingerprint density at radius 3 is 2.36 bits per heavy atom. The molecule has 0 amide bonds. The van der Waals surface area contributed by atoms with Gasteiger partial charge in [-0.3, -0.25) is 0 Å². The minimum Gasteiger partial charge on any atom is -0.504 e. The molecule has 1 aromatic rings. The molecular formula is C21H26O12. The molecular weight excluding hydrogens is 444 g/mol. The Balaban J connectivity index is 1.64. The van der Waals surface area contributed by atoms with Gasteiger partial charge in [0.2, 0.25) is 0 Å². The summed E-state index contributed by atoms with van der Waals surface area (Å²) in [4.78, 5) is 12.2. The van der Waals surface area contributed by atoms with E-state index in [-0.39, 0.29) is 11.5 Å². The fraction of sp³-hybridized carbons (Fsp3) is 0.476. The predicted octanol–water partition coefficient (Wildman–Crippen LogP) is -2.50. The van der Waals surface area contributed by atoms with Crippen LogP contribution in [0.15, 0.2) is 36.4 Å². The Morgan fingerprint density at radius 1 is 0.970 bits per heavy atom. The number of phenols is 2. The van der Waals surface area contributed by atoms with Crippen molar-refractivity contribution in [2.45, 2.75) is 55.1 Å². The van der Waals surface area contributed by atoms with Crippen LogP contribution in [0.5, 0.6) is 11.5 Å². The lowest BCUT2D eigenvalue weighted by Crippen LogP contribution is -2.61. The third kappa shape index (κ3) is 5.69. The molecule has 0 unspecified atom stereocenters. The Hall–Kier alpha value is -2.55. The molecule has 1 heterocycles. The van der Waals surface area contributed by atoms with E-state index in [0.29, 0.717) is 5.56 Å². The van der Waals surface area contributed by atoms with Crippen molar-refractivity contribution in [3.05, 3.63) is 42.0 Å². The number of rotatable bonds is 6. The van der Waals surface area contributed by atoms with Gasteiger partial charge in [0.15, 0.2) is 23.9 Å². The van der Waals surface area contributed by atoms with E-state index in [2.05, 4.69) is 0 Å². The molecule has 8 N–H and O–H groups in total. The van der Waals surface area contributed by atoms with E-state index in [1.54, 1.807) is 0 Å². The van der Waals surface area contributed by atoms with Crippen molar-refractivity contribution in [2.75, 3.05) is 6.61 Å². The maximum atomic E-state index is 12.2. The molecule has 9 atom stereocenters. The van der Waals surface area contributed by atoms with Crippen LogP contribution in [0.2, 0.25) is 0 Å². The highest BCUT2D eigenvalue weighted by Gasteiger charge is 2.47. The van der Waals surface area contributed by atoms with E-state index >= 15 is 0 Å². The van der Waals surface area contributed by atoms with Crippen molar-refractivity contribution >= 4 is 12.0 Å². The van der Waals surface area contributed by atoms with E-state index in [4.69, 9.17) is 14.2 Å². The molecule has 12 heteroatoms. The number of aliphatic hydroxyl groups excluding tert-OH is 6. The van der Waals surface area contributed by atoms with Crippen LogP contribution >= 0.6 is 0 Å². The van der Waals surface area contributed by atoms with Gasteiger partial charge in [0.25, 0.3) is 0 Å². The first-order chi connectivity index (χ1) is 15.6. The summed E-state index contributed by atoms with van der Waals surface area (Å²) in [5.74, 6) is -1.66. The molecule has 1 saturated heterocycles. The summed E-state index contributed by atoms with van der Waals surface area (Å²) in [6, 6.07) is 3.85. The summed E-state index contributed by atoms with van der Waals surface area (Å²) in [7, 11) is 0. The third-order valence-corrected chi connectivity index (χ3v) is 5.31. The zero-order chi connectivity index (χ0) is 24.3. The monoisotopic (exact) mass is 470 g/mol. The number of aliphatic hydroxyl groups is 6. The number of hydrogen-bond acceptors (Lipinski definition) is 12. The van der Waals surface area contributed by atoms with E-state index in [1.165, 1.54) is 36.4 Å². The molecule has 1 aliphatic carbocycles. The quantitative estimate of drug-likeness (QED) is 0.0940. The highest BCUT2D eigenvalue weighted by molar-refractivity contribution is 5.87. The Bertz CT molecular complexity index is 884. The zero-order valence-corrected chi connectivity index (χ0v) is 17.2. The van der Waals surface area contributed by atoms with Gasteiger partial charge in [0, 0.05) is 6.08 Å². The molecule has 12 nitrogen and oxygen atoms in total. The summed E-state index contributed by atoms with van der Waals surface area (Å²) in [5, 5.41) is 78.5. The molecule has 2 aliphatic rings. The molecule has 0 spiro atoms. The number of esters is 1. The van der Waals surface area contributed by atoms with Crippen molar-refractivity contribution in [3.8, 4) is 11.5 Å². The second-order valence-corrected chi connectivity index (χ2v) is 7.65. The van der Waals surface area contributed by atoms with Crippen molar-refractivity contribution < 1.29 is 59.9 Å². The fourth-order valence-electron chi connectivity index (χ4n) is 3.42. The molecule has 0 saturated carbocycles. The van der Waals surface area contributed by atoms with E-state index in [0.717, 1.165) is 6.08 Å². The maximum absolute atomic E-state index is 12.2. The lowest BCUT2D eigenvalue weighted by molar-refractivity contribution is -0.315. The van der Waals surface area contributed by atoms with Gasteiger partial charge in [-0.15, -0.1) is 0 Å². The van der Waals surface area contributed by atoms with Crippen LogP contribution in [0.25, 0.3) is 6.08 Å². The summed E-state index contributed by atoms with van der Waals surface area (Å²) in [5.41, 5.74) is 0.371. The van der Waals surface area contributed by atoms with Crippen molar-refractivity contribution in [3.63, 3.8) is 0 Å². The average Bonchev–Trinajstić information content (AvgIpc) is 2.79. The number of benzene rings is 1. The van der Waals surface area contributed by atoms with Crippen LogP contribution in [0.4, 0.5) is 0 Å². The van der Waals surface area contributed by atoms with Crippen molar-refractivity contribution in [1.29, 1.82) is 0 Å². The van der Waals surface area contributed by atoms with Crippen LogP contribution in [0.3, 0.4) is 0 Å². The minimum absolute atomic E-state index is 0.333. The highest BCUT2D eigenvalue weighted by atomic mass is 16.7. The number of carbonyl (C=O) groups excluding carboxylic acids is 1. The first kappa shape index (κ1) is 25.1. The average molecular weight is 470 g/mol. The van der Waals surface area contributed by atoms with Crippen LogP contribution in [-0.4, -0.2) is 109 Å². The highest BCUT2D eigenvalue weighted by Crippen LogP contribution is 2.28. The van der Waals surface area contributed by atoms with Crippen LogP contribution in [-0.2, 0) is 19.0 Å². The largest absolute Gasteiger partial charge is 0.504 e. The number of ether oxygens (including phenoxy) is 3. The van der Waals surface area contributed by atoms with E-state index in [1.807, 2.05) is 0 Å². The van der Waals surface area contributed by atoms with Crippen molar-refractivity contribution in [2.24, 2.45) is 0 Å². The SMILES string of the molecule is O=C(C=Cc1ccc(O)c(O)c1)O[C@H]1[C@@H](O)[C@@H](O[C@@H]2O[C@@H](CO)[C@@H](O)[C@@H](O)[C@H]2O)C=C[C@@H]1O. The Kier molecular flexibility index (Phi) is 8.05. The lowest BCUT2D eigenvalue weighted by atomic mass is 9.95. The smallest absolute Gasteiger partial charge is 0.331 e. The molecule has 3 rings (SSSR count). The summed E-state index contributed by atoms with van der Waals surface area (Å²) < 4.78 is 15.8. The normalized spacial score (nSPS) is 36.7. The number of phenolic OH excluding ortho intramolecular Hbond substituents is 2. The van der Waals surface area contributed by atoms with Crippen LogP contribution in [0, 0.1) is 0 Å². The molecule has 1 fully saturated rings. The first-order valence-corrected chi connectivity index (χ1v) is 10.0. The van der Waals surface area contributed by atoms with Gasteiger partial charge < -0.3 is 55.1 Å². The van der Waals surface area contributed by atoms with Gasteiger partial charge in [-0.25, -0.2) is 4.79 Å². The Morgan fingerprint density at radius 2 is 1.70 bits per heavy atom. The van der Waals surface area contributed by atoms with Gasteiger partial charge in [-0.2, -0.15) is 0 Å². The molecule has 0 aromatic heterocycles.